The largest absolute Gasteiger partial charge is 0.384 e. The lowest BCUT2D eigenvalue weighted by Crippen LogP contribution is -1.96. The second-order valence-electron chi connectivity index (χ2n) is 4.51. The molecular formula is C13H16ClN3. The van der Waals surface area contributed by atoms with Gasteiger partial charge in [-0.15, -0.1) is 0 Å². The van der Waals surface area contributed by atoms with Crippen molar-refractivity contribution in [3.63, 3.8) is 0 Å². The first-order valence-corrected chi connectivity index (χ1v) is 5.95. The standard InChI is InChI=1S/C13H16ClN3/c1-8(2)9-4-10(6-11(14)5-9)12-7-13(15)17(3)16-12/h4-8H,15H2,1-3H3. The predicted octanol–water partition coefficient (Wildman–Crippen LogP) is 3.45. The van der Waals surface area contributed by atoms with Crippen LogP contribution in [-0.2, 0) is 7.05 Å². The third kappa shape index (κ3) is 2.44. The zero-order chi connectivity index (χ0) is 12.6. The van der Waals surface area contributed by atoms with E-state index in [1.165, 1.54) is 5.56 Å². The maximum atomic E-state index is 6.12. The molecule has 0 spiro atoms. The predicted molar refractivity (Wildman–Crippen MR) is 72.2 cm³/mol. The number of nitrogens with two attached hydrogens (primary N) is 1. The Labute approximate surface area is 106 Å². The van der Waals surface area contributed by atoms with Gasteiger partial charge < -0.3 is 5.73 Å². The monoisotopic (exact) mass is 249 g/mol. The third-order valence-electron chi connectivity index (χ3n) is 2.80. The average molecular weight is 250 g/mol. The number of benzene rings is 1. The zero-order valence-electron chi connectivity index (χ0n) is 10.2. The van der Waals surface area contributed by atoms with E-state index in [0.717, 1.165) is 16.3 Å². The Kier molecular flexibility index (Phi) is 3.11. The molecule has 0 fully saturated rings. The molecule has 0 radical (unpaired) electrons. The SMILES string of the molecule is CC(C)c1cc(Cl)cc(-c2cc(N)n(C)n2)c1. The summed E-state index contributed by atoms with van der Waals surface area (Å²) in [7, 11) is 1.83. The lowest BCUT2D eigenvalue weighted by Gasteiger charge is -2.08. The first kappa shape index (κ1) is 12.0. The number of nitrogen functional groups attached to an aromatic ring is 1. The highest BCUT2D eigenvalue weighted by atomic mass is 35.5. The van der Waals surface area contributed by atoms with Crippen molar-refractivity contribution in [2.75, 3.05) is 5.73 Å². The molecule has 90 valence electrons. The van der Waals surface area contributed by atoms with Gasteiger partial charge in [0.1, 0.15) is 5.82 Å². The van der Waals surface area contributed by atoms with E-state index < -0.39 is 0 Å². The van der Waals surface area contributed by atoms with E-state index in [1.54, 1.807) is 4.68 Å². The van der Waals surface area contributed by atoms with E-state index in [0.29, 0.717) is 11.7 Å². The van der Waals surface area contributed by atoms with Crippen molar-refractivity contribution in [3.8, 4) is 11.3 Å². The molecule has 0 bridgehead atoms. The van der Waals surface area contributed by atoms with Crippen LogP contribution in [-0.4, -0.2) is 9.78 Å². The molecule has 3 nitrogen and oxygen atoms in total. The summed E-state index contributed by atoms with van der Waals surface area (Å²) in [5.74, 6) is 1.08. The maximum absolute atomic E-state index is 6.12. The highest BCUT2D eigenvalue weighted by Crippen LogP contribution is 2.28. The van der Waals surface area contributed by atoms with Crippen LogP contribution in [0.1, 0.15) is 25.3 Å². The minimum absolute atomic E-state index is 0.438. The van der Waals surface area contributed by atoms with Gasteiger partial charge in [-0.3, -0.25) is 4.68 Å². The van der Waals surface area contributed by atoms with Gasteiger partial charge in [0.25, 0.3) is 0 Å². The number of hydrogen-bond donors (Lipinski definition) is 1. The Bertz CT molecular complexity index is 524. The molecule has 0 aliphatic heterocycles. The van der Waals surface area contributed by atoms with E-state index in [9.17, 15) is 0 Å². The summed E-state index contributed by atoms with van der Waals surface area (Å²) in [6.07, 6.45) is 0. The second-order valence-corrected chi connectivity index (χ2v) is 4.94. The molecule has 1 aromatic heterocycles. The van der Waals surface area contributed by atoms with E-state index in [1.807, 2.05) is 25.2 Å². The number of hydrogen-bond acceptors (Lipinski definition) is 2. The van der Waals surface area contributed by atoms with Crippen molar-refractivity contribution < 1.29 is 0 Å². The molecular weight excluding hydrogens is 234 g/mol. The van der Waals surface area contributed by atoms with Gasteiger partial charge in [0.15, 0.2) is 0 Å². The highest BCUT2D eigenvalue weighted by Gasteiger charge is 2.08. The van der Waals surface area contributed by atoms with Crippen LogP contribution in [0.15, 0.2) is 24.3 Å². The van der Waals surface area contributed by atoms with Crippen molar-refractivity contribution >= 4 is 17.4 Å². The van der Waals surface area contributed by atoms with Crippen molar-refractivity contribution in [1.29, 1.82) is 0 Å². The van der Waals surface area contributed by atoms with Crippen molar-refractivity contribution in [1.82, 2.24) is 9.78 Å². The van der Waals surface area contributed by atoms with Crippen LogP contribution in [0.4, 0.5) is 5.82 Å². The van der Waals surface area contributed by atoms with Crippen LogP contribution in [0.25, 0.3) is 11.3 Å². The molecule has 0 unspecified atom stereocenters. The number of halogens is 1. The van der Waals surface area contributed by atoms with Gasteiger partial charge in [0.2, 0.25) is 0 Å². The summed E-state index contributed by atoms with van der Waals surface area (Å²) in [6, 6.07) is 7.87. The fourth-order valence-electron chi connectivity index (χ4n) is 1.72. The van der Waals surface area contributed by atoms with E-state index >= 15 is 0 Å². The Morgan fingerprint density at radius 2 is 1.94 bits per heavy atom. The highest BCUT2D eigenvalue weighted by molar-refractivity contribution is 6.31. The van der Waals surface area contributed by atoms with Gasteiger partial charge in [0.05, 0.1) is 5.69 Å². The molecule has 0 saturated carbocycles. The minimum atomic E-state index is 0.438. The molecule has 0 amide bonds. The normalized spacial score (nSPS) is 11.1. The molecule has 4 heteroatoms. The fourth-order valence-corrected chi connectivity index (χ4v) is 1.96. The Morgan fingerprint density at radius 3 is 2.47 bits per heavy atom. The lowest BCUT2D eigenvalue weighted by molar-refractivity contribution is 0.782. The number of rotatable bonds is 2. The van der Waals surface area contributed by atoms with Gasteiger partial charge in [-0.25, -0.2) is 0 Å². The summed E-state index contributed by atoms with van der Waals surface area (Å²) in [4.78, 5) is 0. The maximum Gasteiger partial charge on any atom is 0.121 e. The molecule has 1 heterocycles. The molecule has 0 atom stereocenters. The average Bonchev–Trinajstić information content (AvgIpc) is 2.58. The number of aryl methyl sites for hydroxylation is 1. The van der Waals surface area contributed by atoms with Gasteiger partial charge >= 0.3 is 0 Å². The third-order valence-corrected chi connectivity index (χ3v) is 3.02. The molecule has 2 rings (SSSR count). The lowest BCUT2D eigenvalue weighted by atomic mass is 10.00. The first-order chi connectivity index (χ1) is 7.97. The number of nitrogens with zero attached hydrogens (tertiary/aromatic N) is 2. The summed E-state index contributed by atoms with van der Waals surface area (Å²) in [5.41, 5.74) is 8.85. The summed E-state index contributed by atoms with van der Waals surface area (Å²) in [6.45, 7) is 4.28. The van der Waals surface area contributed by atoms with Gasteiger partial charge in [0, 0.05) is 23.7 Å². The first-order valence-electron chi connectivity index (χ1n) is 5.57. The Hall–Kier alpha value is -1.48. The van der Waals surface area contributed by atoms with Gasteiger partial charge in [-0.2, -0.15) is 5.10 Å². The van der Waals surface area contributed by atoms with E-state index in [-0.39, 0.29) is 0 Å². The smallest absolute Gasteiger partial charge is 0.121 e. The minimum Gasteiger partial charge on any atom is -0.384 e. The molecule has 2 N–H and O–H groups in total. The Morgan fingerprint density at radius 1 is 1.24 bits per heavy atom. The van der Waals surface area contributed by atoms with Crippen molar-refractivity contribution in [3.05, 3.63) is 34.9 Å². The van der Waals surface area contributed by atoms with Crippen LogP contribution in [0.3, 0.4) is 0 Å². The molecule has 0 saturated heterocycles. The van der Waals surface area contributed by atoms with Crippen LogP contribution < -0.4 is 5.73 Å². The quantitative estimate of drug-likeness (QED) is 0.886. The molecule has 0 aliphatic rings. The van der Waals surface area contributed by atoms with Crippen LogP contribution in [0.2, 0.25) is 5.02 Å². The zero-order valence-corrected chi connectivity index (χ0v) is 11.0. The van der Waals surface area contributed by atoms with Crippen LogP contribution in [0, 0.1) is 0 Å². The van der Waals surface area contributed by atoms with Crippen molar-refractivity contribution in [2.45, 2.75) is 19.8 Å². The molecule has 17 heavy (non-hydrogen) atoms. The van der Waals surface area contributed by atoms with Crippen LogP contribution >= 0.6 is 11.6 Å². The topological polar surface area (TPSA) is 43.8 Å². The van der Waals surface area contributed by atoms with Gasteiger partial charge in [-0.05, 0) is 29.7 Å². The molecule has 2 aromatic rings. The Balaban J connectivity index is 2.51. The number of anilines is 1. The number of aromatic nitrogens is 2. The van der Waals surface area contributed by atoms with E-state index in [4.69, 9.17) is 17.3 Å². The molecule has 0 aliphatic carbocycles. The second kappa shape index (κ2) is 4.41. The van der Waals surface area contributed by atoms with Crippen molar-refractivity contribution in [2.24, 2.45) is 7.05 Å². The summed E-state index contributed by atoms with van der Waals surface area (Å²) < 4.78 is 1.66. The van der Waals surface area contributed by atoms with E-state index in [2.05, 4.69) is 25.0 Å². The molecule has 1 aromatic carbocycles. The van der Waals surface area contributed by atoms with Crippen LogP contribution in [0.5, 0.6) is 0 Å². The summed E-state index contributed by atoms with van der Waals surface area (Å²) >= 11 is 6.12. The fraction of sp³-hybridized carbons (Fsp3) is 0.308. The summed E-state index contributed by atoms with van der Waals surface area (Å²) in [5, 5.41) is 5.09. The van der Waals surface area contributed by atoms with Gasteiger partial charge in [-0.1, -0.05) is 25.4 Å².